The molecule has 0 unspecified atom stereocenters. The van der Waals surface area contributed by atoms with E-state index >= 15 is 0 Å². The smallest absolute Gasteiger partial charge is 0.379 e. The fourth-order valence-corrected chi connectivity index (χ4v) is 4.20. The molecule has 1 rings (SSSR count). The molecular weight excluding hydrogens is 770 g/mol. The Hall–Kier alpha value is -3.18. The molecule has 58 heavy (non-hydrogen) atoms. The number of amides is 1. The Morgan fingerprint density at radius 2 is 0.724 bits per heavy atom. The van der Waals surface area contributed by atoms with Crippen LogP contribution in [0.4, 0.5) is 0 Å². The highest BCUT2D eigenvalue weighted by Crippen LogP contribution is 2.01. The number of carbonyl (C=O) groups is 4. The average Bonchev–Trinajstić information content (AvgIpc) is 3.23. The molecule has 0 fully saturated rings. The first kappa shape index (κ1) is 52.8. The highest BCUT2D eigenvalue weighted by atomic mass is 16.6. The maximum atomic E-state index is 11.9. The summed E-state index contributed by atoms with van der Waals surface area (Å²) >= 11 is 0. The molecule has 0 spiro atoms. The second kappa shape index (κ2) is 42.0. The van der Waals surface area contributed by atoms with E-state index in [2.05, 4.69) is 5.32 Å². The zero-order valence-corrected chi connectivity index (χ0v) is 33.8. The maximum absolute atomic E-state index is 11.9. The number of carboxylic acids is 1. The summed E-state index contributed by atoms with van der Waals surface area (Å²) in [5, 5.41) is 11.2. The molecule has 334 valence electrons. The van der Waals surface area contributed by atoms with E-state index in [0.717, 1.165) is 0 Å². The van der Waals surface area contributed by atoms with E-state index in [-0.39, 0.29) is 37.5 Å². The van der Waals surface area contributed by atoms with Gasteiger partial charge in [-0.05, 0) is 6.42 Å². The van der Waals surface area contributed by atoms with Gasteiger partial charge in [-0.1, -0.05) is 30.3 Å². The number of nitrogens with one attached hydrogen (secondary N) is 1. The molecule has 1 aromatic rings. The fraction of sp³-hybridized carbons (Fsp3) is 0.744. The summed E-state index contributed by atoms with van der Waals surface area (Å²) in [5.74, 6) is -2.85. The fourth-order valence-electron chi connectivity index (χ4n) is 4.20. The van der Waals surface area contributed by atoms with Gasteiger partial charge in [0, 0.05) is 25.1 Å². The molecule has 0 atom stereocenters. The lowest BCUT2D eigenvalue weighted by atomic mass is 10.1. The number of ether oxygens (including phenoxy) is 13. The van der Waals surface area contributed by atoms with Crippen molar-refractivity contribution in [1.29, 1.82) is 0 Å². The molecule has 0 aliphatic heterocycles. The number of carbonyl (C=O) groups excluding carboxylic acids is 3. The molecule has 19 heteroatoms. The number of hydrogen-bond acceptors (Lipinski definition) is 17. The standard InChI is InChI=1S/C39H65NO18/c41-36(7-8-37(42)43)40-9-4-10-46-11-12-47-13-14-48-15-16-49-17-18-50-19-20-51-21-22-52-23-24-53-25-26-54-27-28-55-29-30-56-31-32-57-33-34-58-39(45)38(44)35-5-2-1-3-6-35/h1-3,5-6H,4,7-34H2,(H,40,41)(H,42,43). The normalized spacial score (nSPS) is 11.2. The quantitative estimate of drug-likeness (QED) is 0.0405. The van der Waals surface area contributed by atoms with Crippen LogP contribution in [0.5, 0.6) is 0 Å². The molecule has 0 aliphatic rings. The predicted octanol–water partition coefficient (Wildman–Crippen LogP) is 0.983. The molecule has 0 aromatic heterocycles. The van der Waals surface area contributed by atoms with E-state index in [1.54, 1.807) is 30.3 Å². The van der Waals surface area contributed by atoms with Gasteiger partial charge in [0.1, 0.15) is 6.61 Å². The average molecular weight is 836 g/mol. The third-order valence-corrected chi connectivity index (χ3v) is 7.13. The summed E-state index contributed by atoms with van der Waals surface area (Å²) in [4.78, 5) is 45.4. The summed E-state index contributed by atoms with van der Waals surface area (Å²) in [7, 11) is 0. The molecule has 1 amide bonds. The molecular formula is C39H65NO18. The van der Waals surface area contributed by atoms with Crippen LogP contribution in [-0.4, -0.2) is 200 Å². The van der Waals surface area contributed by atoms with Crippen LogP contribution in [0.1, 0.15) is 29.6 Å². The van der Waals surface area contributed by atoms with Crippen molar-refractivity contribution in [3.63, 3.8) is 0 Å². The molecule has 0 aliphatic carbocycles. The van der Waals surface area contributed by atoms with E-state index in [9.17, 15) is 19.2 Å². The number of rotatable bonds is 45. The number of aliphatic carboxylic acids is 1. The van der Waals surface area contributed by atoms with Crippen molar-refractivity contribution in [1.82, 2.24) is 5.32 Å². The maximum Gasteiger partial charge on any atom is 0.379 e. The molecule has 2 N–H and O–H groups in total. The van der Waals surface area contributed by atoms with Crippen LogP contribution >= 0.6 is 0 Å². The predicted molar refractivity (Wildman–Crippen MR) is 206 cm³/mol. The zero-order chi connectivity index (χ0) is 41.8. The summed E-state index contributed by atoms with van der Waals surface area (Å²) < 4.78 is 70.2. The minimum absolute atomic E-state index is 0.0120. The van der Waals surface area contributed by atoms with Gasteiger partial charge in [0.25, 0.3) is 5.78 Å². The lowest BCUT2D eigenvalue weighted by molar-refractivity contribution is -0.140. The van der Waals surface area contributed by atoms with Crippen molar-refractivity contribution >= 4 is 23.6 Å². The lowest BCUT2D eigenvalue weighted by Crippen LogP contribution is -2.25. The van der Waals surface area contributed by atoms with Crippen molar-refractivity contribution in [2.45, 2.75) is 19.3 Å². The Labute approximate surface area is 341 Å². The molecule has 0 saturated carbocycles. The van der Waals surface area contributed by atoms with Crippen LogP contribution in [0.3, 0.4) is 0 Å². The molecule has 0 bridgehead atoms. The van der Waals surface area contributed by atoms with Gasteiger partial charge in [0.2, 0.25) is 5.91 Å². The number of carboxylic acid groups (broad SMARTS) is 1. The largest absolute Gasteiger partial charge is 0.481 e. The third-order valence-electron chi connectivity index (χ3n) is 7.13. The topological polar surface area (TPSA) is 221 Å². The van der Waals surface area contributed by atoms with Gasteiger partial charge < -0.3 is 72.0 Å². The van der Waals surface area contributed by atoms with Crippen LogP contribution in [0, 0.1) is 0 Å². The first-order chi connectivity index (χ1) is 28.5. The molecule has 19 nitrogen and oxygen atoms in total. The van der Waals surface area contributed by atoms with Gasteiger partial charge in [0.15, 0.2) is 0 Å². The number of hydrogen-bond donors (Lipinski definition) is 2. The number of esters is 1. The van der Waals surface area contributed by atoms with Crippen molar-refractivity contribution in [2.75, 3.05) is 172 Å². The van der Waals surface area contributed by atoms with Gasteiger partial charge in [0.05, 0.1) is 158 Å². The van der Waals surface area contributed by atoms with Crippen LogP contribution in [0.2, 0.25) is 0 Å². The lowest BCUT2D eigenvalue weighted by Gasteiger charge is -2.09. The van der Waals surface area contributed by atoms with Gasteiger partial charge in [-0.2, -0.15) is 0 Å². The summed E-state index contributed by atoms with van der Waals surface area (Å²) in [5.41, 5.74) is 0.288. The Morgan fingerprint density at radius 3 is 1.05 bits per heavy atom. The molecule has 0 heterocycles. The zero-order valence-electron chi connectivity index (χ0n) is 33.8. The van der Waals surface area contributed by atoms with E-state index in [0.29, 0.717) is 165 Å². The Bertz CT molecular complexity index is 1120. The van der Waals surface area contributed by atoms with Crippen LogP contribution in [-0.2, 0) is 76.0 Å². The van der Waals surface area contributed by atoms with Crippen LogP contribution in [0.25, 0.3) is 0 Å². The van der Waals surface area contributed by atoms with Gasteiger partial charge >= 0.3 is 11.9 Å². The first-order valence-electron chi connectivity index (χ1n) is 19.7. The van der Waals surface area contributed by atoms with Gasteiger partial charge in [-0.15, -0.1) is 0 Å². The Balaban J connectivity index is 1.64. The minimum Gasteiger partial charge on any atom is -0.481 e. The monoisotopic (exact) mass is 835 g/mol. The molecule has 1 aromatic carbocycles. The van der Waals surface area contributed by atoms with E-state index in [4.69, 9.17) is 66.7 Å². The SMILES string of the molecule is O=C(O)CCC(=O)NCCCOCCOCCOCCOCCOCCOCCOCCOCCOCCOCCOCCOCCOC(=O)C(=O)c1ccccc1. The van der Waals surface area contributed by atoms with Crippen molar-refractivity contribution in [2.24, 2.45) is 0 Å². The number of ketones is 1. The van der Waals surface area contributed by atoms with Crippen molar-refractivity contribution in [3.05, 3.63) is 35.9 Å². The van der Waals surface area contributed by atoms with Crippen molar-refractivity contribution < 1.29 is 85.9 Å². The minimum atomic E-state index is -0.989. The van der Waals surface area contributed by atoms with E-state index in [1.165, 1.54) is 0 Å². The van der Waals surface area contributed by atoms with Crippen LogP contribution in [0.15, 0.2) is 30.3 Å². The van der Waals surface area contributed by atoms with E-state index < -0.39 is 17.7 Å². The van der Waals surface area contributed by atoms with Gasteiger partial charge in [-0.25, -0.2) is 4.79 Å². The third kappa shape index (κ3) is 37.1. The highest BCUT2D eigenvalue weighted by molar-refractivity contribution is 6.40. The van der Waals surface area contributed by atoms with E-state index in [1.807, 2.05) is 0 Å². The summed E-state index contributed by atoms with van der Waals surface area (Å²) in [6, 6.07) is 8.23. The molecule has 0 saturated heterocycles. The van der Waals surface area contributed by atoms with Gasteiger partial charge in [-0.3, -0.25) is 14.4 Å². The highest BCUT2D eigenvalue weighted by Gasteiger charge is 2.17. The number of benzene rings is 1. The Morgan fingerprint density at radius 1 is 0.414 bits per heavy atom. The Kier molecular flexibility index (Phi) is 38.2. The van der Waals surface area contributed by atoms with Crippen molar-refractivity contribution in [3.8, 4) is 0 Å². The second-order valence-electron chi connectivity index (χ2n) is 11.8. The summed E-state index contributed by atoms with van der Waals surface area (Å²) in [6.45, 7) is 10.9. The summed E-state index contributed by atoms with van der Waals surface area (Å²) in [6.07, 6.45) is 0.454. The molecule has 0 radical (unpaired) electrons. The second-order valence-corrected chi connectivity index (χ2v) is 11.8. The first-order valence-corrected chi connectivity index (χ1v) is 19.7. The van der Waals surface area contributed by atoms with Crippen LogP contribution < -0.4 is 5.32 Å². The number of Topliss-reactive ketones (excluding diaryl/α,β-unsaturated/α-hetero) is 1.